The minimum Gasteiger partial charge on any atom is -0.456 e. The summed E-state index contributed by atoms with van der Waals surface area (Å²) in [6, 6.07) is 11.4. The van der Waals surface area contributed by atoms with Gasteiger partial charge in [0.05, 0.1) is 10.8 Å². The molecule has 2 unspecified atom stereocenters. The Morgan fingerprint density at radius 2 is 1.70 bits per heavy atom. The summed E-state index contributed by atoms with van der Waals surface area (Å²) in [6.07, 6.45) is 6.13. The fourth-order valence-electron chi connectivity index (χ4n) is 6.30. The average Bonchev–Trinajstić information content (AvgIpc) is 2.61. The van der Waals surface area contributed by atoms with Crippen molar-refractivity contribution < 1.29 is 4.42 Å². The number of hydrogen-bond donors (Lipinski definition) is 0. The minimum absolute atomic E-state index is 0.0243. The summed E-state index contributed by atoms with van der Waals surface area (Å²) in [5.74, 6) is 2.15. The third kappa shape index (κ3) is 2.72. The van der Waals surface area contributed by atoms with Crippen LogP contribution in [0, 0.1) is 17.8 Å². The fraction of sp³-hybridized carbons (Fsp3) is 0.458. The van der Waals surface area contributed by atoms with Gasteiger partial charge in [0.2, 0.25) is 5.43 Å². The second-order valence-electron chi connectivity index (χ2n) is 9.20. The SMILES string of the molecule is CC1CC2CC(C)CC(c3cc(Cl)cc4c(=O)c5ccccc5oc34)(C1)C2. The summed E-state index contributed by atoms with van der Waals surface area (Å²) in [5, 5.41) is 1.89. The Balaban J connectivity index is 1.83. The lowest BCUT2D eigenvalue weighted by Gasteiger charge is -2.50. The lowest BCUT2D eigenvalue weighted by molar-refractivity contribution is 0.0784. The van der Waals surface area contributed by atoms with E-state index in [1.54, 1.807) is 6.07 Å². The molecule has 3 heteroatoms. The van der Waals surface area contributed by atoms with Crippen LogP contribution in [0.15, 0.2) is 45.6 Å². The lowest BCUT2D eigenvalue weighted by Crippen LogP contribution is -2.42. The van der Waals surface area contributed by atoms with Crippen LogP contribution < -0.4 is 5.43 Å². The van der Waals surface area contributed by atoms with Crippen molar-refractivity contribution in [1.29, 1.82) is 0 Å². The highest BCUT2D eigenvalue weighted by molar-refractivity contribution is 6.31. The van der Waals surface area contributed by atoms with Crippen LogP contribution in [0.3, 0.4) is 0 Å². The zero-order chi connectivity index (χ0) is 18.8. The van der Waals surface area contributed by atoms with Crippen molar-refractivity contribution in [3.05, 3.63) is 57.2 Å². The Bertz CT molecular complexity index is 1080. The van der Waals surface area contributed by atoms with Crippen molar-refractivity contribution in [1.82, 2.24) is 0 Å². The van der Waals surface area contributed by atoms with Crippen LogP contribution in [0.1, 0.15) is 51.5 Å². The molecule has 2 aromatic carbocycles. The van der Waals surface area contributed by atoms with Crippen LogP contribution in [0.4, 0.5) is 0 Å². The van der Waals surface area contributed by atoms with E-state index in [0.29, 0.717) is 33.2 Å². The van der Waals surface area contributed by atoms with Crippen LogP contribution in [0.2, 0.25) is 5.02 Å². The highest BCUT2D eigenvalue weighted by Crippen LogP contribution is 2.55. The van der Waals surface area contributed by atoms with Crippen LogP contribution >= 0.6 is 11.6 Å². The molecule has 2 bridgehead atoms. The lowest BCUT2D eigenvalue weighted by atomic mass is 9.54. The molecule has 0 saturated heterocycles. The third-order valence-electron chi connectivity index (χ3n) is 6.84. The molecule has 140 valence electrons. The number of benzene rings is 2. The van der Waals surface area contributed by atoms with Gasteiger partial charge in [-0.1, -0.05) is 37.6 Å². The van der Waals surface area contributed by atoms with Gasteiger partial charge in [-0.25, -0.2) is 0 Å². The maximum atomic E-state index is 13.2. The van der Waals surface area contributed by atoms with Gasteiger partial charge in [0, 0.05) is 10.6 Å². The molecule has 0 N–H and O–H groups in total. The Morgan fingerprint density at radius 1 is 1.00 bits per heavy atom. The summed E-state index contributed by atoms with van der Waals surface area (Å²) in [5.41, 5.74) is 2.68. The Labute approximate surface area is 164 Å². The Hall–Kier alpha value is -1.80. The molecule has 0 aliphatic heterocycles. The van der Waals surface area contributed by atoms with E-state index in [1.165, 1.54) is 19.3 Å². The van der Waals surface area contributed by atoms with Gasteiger partial charge in [-0.2, -0.15) is 0 Å². The average molecular weight is 381 g/mol. The van der Waals surface area contributed by atoms with Gasteiger partial charge in [0.1, 0.15) is 11.2 Å². The summed E-state index contributed by atoms with van der Waals surface area (Å²) in [4.78, 5) is 13.2. The van der Waals surface area contributed by atoms with E-state index < -0.39 is 0 Å². The molecule has 2 aliphatic rings. The maximum absolute atomic E-state index is 13.2. The van der Waals surface area contributed by atoms with Crippen LogP contribution in [-0.4, -0.2) is 0 Å². The van der Waals surface area contributed by atoms with Gasteiger partial charge in [0.15, 0.2) is 0 Å². The zero-order valence-corrected chi connectivity index (χ0v) is 16.7. The van der Waals surface area contributed by atoms with Gasteiger partial charge < -0.3 is 4.42 Å². The third-order valence-corrected chi connectivity index (χ3v) is 7.06. The van der Waals surface area contributed by atoms with Gasteiger partial charge in [0.25, 0.3) is 0 Å². The second-order valence-corrected chi connectivity index (χ2v) is 9.63. The monoisotopic (exact) mass is 380 g/mol. The topological polar surface area (TPSA) is 30.2 Å². The summed E-state index contributed by atoms with van der Waals surface area (Å²) < 4.78 is 6.36. The van der Waals surface area contributed by atoms with Crippen molar-refractivity contribution in [2.45, 2.75) is 51.4 Å². The van der Waals surface area contributed by atoms with E-state index in [2.05, 4.69) is 19.9 Å². The molecular formula is C24H25ClO2. The molecule has 2 fully saturated rings. The number of halogens is 1. The molecule has 1 aromatic heterocycles. The number of fused-ring (bicyclic) bond motifs is 4. The number of hydrogen-bond acceptors (Lipinski definition) is 2. The summed E-state index contributed by atoms with van der Waals surface area (Å²) >= 11 is 6.53. The summed E-state index contributed by atoms with van der Waals surface area (Å²) in [7, 11) is 0. The van der Waals surface area contributed by atoms with E-state index in [-0.39, 0.29) is 10.8 Å². The van der Waals surface area contributed by atoms with Crippen molar-refractivity contribution in [2.24, 2.45) is 17.8 Å². The molecule has 0 amide bonds. The zero-order valence-electron chi connectivity index (χ0n) is 15.9. The van der Waals surface area contributed by atoms with Gasteiger partial charge in [-0.3, -0.25) is 4.79 Å². The van der Waals surface area contributed by atoms with E-state index in [1.807, 2.05) is 24.3 Å². The fourth-order valence-corrected chi connectivity index (χ4v) is 6.52. The highest BCUT2D eigenvalue weighted by atomic mass is 35.5. The molecule has 2 nitrogen and oxygen atoms in total. The molecule has 2 aliphatic carbocycles. The first kappa shape index (κ1) is 17.3. The number of para-hydroxylation sites is 1. The quantitative estimate of drug-likeness (QED) is 0.439. The molecule has 1 heterocycles. The van der Waals surface area contributed by atoms with Crippen molar-refractivity contribution in [2.75, 3.05) is 0 Å². The largest absolute Gasteiger partial charge is 0.456 e. The van der Waals surface area contributed by atoms with Crippen molar-refractivity contribution >= 4 is 33.5 Å². The predicted molar refractivity (Wildman–Crippen MR) is 112 cm³/mol. The Morgan fingerprint density at radius 3 is 2.44 bits per heavy atom. The van der Waals surface area contributed by atoms with E-state index in [4.69, 9.17) is 16.0 Å². The van der Waals surface area contributed by atoms with E-state index in [0.717, 1.165) is 29.9 Å². The predicted octanol–water partition coefficient (Wildman–Crippen LogP) is 6.70. The smallest absolute Gasteiger partial charge is 0.200 e. The van der Waals surface area contributed by atoms with Gasteiger partial charge in [-0.05, 0) is 79.5 Å². The van der Waals surface area contributed by atoms with E-state index >= 15 is 0 Å². The molecule has 27 heavy (non-hydrogen) atoms. The van der Waals surface area contributed by atoms with Crippen LogP contribution in [0.5, 0.6) is 0 Å². The Kier molecular flexibility index (Phi) is 3.91. The minimum atomic E-state index is 0.0243. The van der Waals surface area contributed by atoms with Crippen LogP contribution in [-0.2, 0) is 5.41 Å². The molecule has 3 aromatic rings. The first-order valence-electron chi connectivity index (χ1n) is 10.1. The normalized spacial score (nSPS) is 30.7. The van der Waals surface area contributed by atoms with Gasteiger partial charge >= 0.3 is 0 Å². The first-order chi connectivity index (χ1) is 12.9. The molecule has 2 atom stereocenters. The molecular weight excluding hydrogens is 356 g/mol. The molecule has 0 radical (unpaired) electrons. The molecule has 0 spiro atoms. The standard InChI is InChI=1S/C24H25ClO2/c1-14-7-16-8-15(2)12-24(11-14,13-16)20-10-17(25)9-19-22(26)18-5-3-4-6-21(18)27-23(19)20/h3-6,9-10,14-16H,7-8,11-13H2,1-2H3. The number of rotatable bonds is 1. The van der Waals surface area contributed by atoms with Crippen molar-refractivity contribution in [3.63, 3.8) is 0 Å². The first-order valence-corrected chi connectivity index (χ1v) is 10.5. The second kappa shape index (κ2) is 6.10. The highest BCUT2D eigenvalue weighted by Gasteiger charge is 2.46. The van der Waals surface area contributed by atoms with Gasteiger partial charge in [-0.15, -0.1) is 0 Å². The van der Waals surface area contributed by atoms with Crippen molar-refractivity contribution in [3.8, 4) is 0 Å². The van der Waals surface area contributed by atoms with E-state index in [9.17, 15) is 4.79 Å². The summed E-state index contributed by atoms with van der Waals surface area (Å²) in [6.45, 7) is 4.74. The maximum Gasteiger partial charge on any atom is 0.200 e. The molecule has 2 saturated carbocycles. The van der Waals surface area contributed by atoms with Crippen LogP contribution in [0.25, 0.3) is 21.9 Å². The molecule has 5 rings (SSSR count).